The summed E-state index contributed by atoms with van der Waals surface area (Å²) in [5.41, 5.74) is 7.65. The fourth-order valence-electron chi connectivity index (χ4n) is 1.79. The molecule has 2 aromatic heterocycles. The first-order valence-electron chi connectivity index (χ1n) is 5.73. The molecule has 92 valence electrons. The lowest BCUT2D eigenvalue weighted by molar-refractivity contribution is 0.460. The second-order valence-electron chi connectivity index (χ2n) is 4.39. The molecule has 0 radical (unpaired) electrons. The van der Waals surface area contributed by atoms with Gasteiger partial charge in [0.15, 0.2) is 5.76 Å². The van der Waals surface area contributed by atoms with Crippen molar-refractivity contribution in [2.24, 2.45) is 5.73 Å². The number of hydrogen-bond acceptors (Lipinski definition) is 5. The van der Waals surface area contributed by atoms with Gasteiger partial charge in [0.25, 0.3) is 5.89 Å². The summed E-state index contributed by atoms with van der Waals surface area (Å²) in [7, 11) is 0. The molecule has 2 N–H and O–H groups in total. The number of hydrogen-bond donors (Lipinski definition) is 1. The highest BCUT2D eigenvalue weighted by molar-refractivity contribution is 5.82. The van der Waals surface area contributed by atoms with E-state index in [1.165, 1.54) is 5.56 Å². The standard InChI is InChI=1S/C13H13N3O2/c1-7-3-4-10-9(5-7)6-11(17-10)13-16-15-12(18-13)8(2)14/h3-6,8H,14H2,1-2H3. The van der Waals surface area contributed by atoms with Crippen LogP contribution in [0.5, 0.6) is 0 Å². The molecule has 3 aromatic rings. The summed E-state index contributed by atoms with van der Waals surface area (Å²) in [5, 5.41) is 8.83. The zero-order chi connectivity index (χ0) is 12.7. The van der Waals surface area contributed by atoms with Gasteiger partial charge in [0.1, 0.15) is 5.58 Å². The smallest absolute Gasteiger partial charge is 0.283 e. The van der Waals surface area contributed by atoms with Crippen LogP contribution in [0.2, 0.25) is 0 Å². The van der Waals surface area contributed by atoms with Gasteiger partial charge in [0.05, 0.1) is 6.04 Å². The van der Waals surface area contributed by atoms with E-state index in [9.17, 15) is 0 Å². The van der Waals surface area contributed by atoms with Crippen molar-refractivity contribution >= 4 is 11.0 Å². The van der Waals surface area contributed by atoms with Crippen LogP contribution in [-0.4, -0.2) is 10.2 Å². The minimum Gasteiger partial charge on any atom is -0.451 e. The zero-order valence-electron chi connectivity index (χ0n) is 10.2. The third-order valence-corrected chi connectivity index (χ3v) is 2.71. The molecule has 0 saturated heterocycles. The van der Waals surface area contributed by atoms with Crippen molar-refractivity contribution in [1.82, 2.24) is 10.2 Å². The van der Waals surface area contributed by atoms with Crippen LogP contribution in [0.15, 0.2) is 33.1 Å². The molecule has 3 rings (SSSR count). The van der Waals surface area contributed by atoms with Crippen molar-refractivity contribution in [3.63, 3.8) is 0 Å². The number of benzene rings is 1. The van der Waals surface area contributed by atoms with E-state index in [-0.39, 0.29) is 6.04 Å². The monoisotopic (exact) mass is 243 g/mol. The first-order valence-corrected chi connectivity index (χ1v) is 5.73. The van der Waals surface area contributed by atoms with Gasteiger partial charge in [-0.2, -0.15) is 0 Å². The van der Waals surface area contributed by atoms with Crippen LogP contribution in [0.4, 0.5) is 0 Å². The molecule has 0 saturated carbocycles. The van der Waals surface area contributed by atoms with Gasteiger partial charge in [-0.3, -0.25) is 0 Å². The number of furan rings is 1. The van der Waals surface area contributed by atoms with Crippen LogP contribution in [0.1, 0.15) is 24.4 Å². The average molecular weight is 243 g/mol. The zero-order valence-corrected chi connectivity index (χ0v) is 10.2. The van der Waals surface area contributed by atoms with Crippen molar-refractivity contribution in [2.75, 3.05) is 0 Å². The van der Waals surface area contributed by atoms with Gasteiger partial charge in [-0.15, -0.1) is 10.2 Å². The van der Waals surface area contributed by atoms with Gasteiger partial charge >= 0.3 is 0 Å². The third-order valence-electron chi connectivity index (χ3n) is 2.71. The molecule has 18 heavy (non-hydrogen) atoms. The molecule has 1 atom stereocenters. The van der Waals surface area contributed by atoms with Gasteiger partial charge in [-0.05, 0) is 32.0 Å². The lowest BCUT2D eigenvalue weighted by atomic mass is 10.2. The minimum absolute atomic E-state index is 0.280. The van der Waals surface area contributed by atoms with Crippen molar-refractivity contribution in [3.05, 3.63) is 35.7 Å². The lowest BCUT2D eigenvalue weighted by Crippen LogP contribution is -2.04. The van der Waals surface area contributed by atoms with Gasteiger partial charge in [-0.1, -0.05) is 11.6 Å². The quantitative estimate of drug-likeness (QED) is 0.748. The van der Waals surface area contributed by atoms with Gasteiger partial charge < -0.3 is 14.6 Å². The highest BCUT2D eigenvalue weighted by Gasteiger charge is 2.15. The maximum absolute atomic E-state index is 5.67. The highest BCUT2D eigenvalue weighted by Crippen LogP contribution is 2.28. The number of nitrogens with two attached hydrogens (primary N) is 1. The Morgan fingerprint density at radius 3 is 2.72 bits per heavy atom. The Labute approximate surface area is 104 Å². The molecule has 0 amide bonds. The van der Waals surface area contributed by atoms with Crippen molar-refractivity contribution < 1.29 is 8.83 Å². The number of nitrogens with zero attached hydrogens (tertiary/aromatic N) is 2. The Balaban J connectivity index is 2.07. The number of fused-ring (bicyclic) bond motifs is 1. The van der Waals surface area contributed by atoms with Crippen LogP contribution in [0.3, 0.4) is 0 Å². The molecule has 0 aliphatic carbocycles. The number of aromatic nitrogens is 2. The third kappa shape index (κ3) is 1.78. The second-order valence-corrected chi connectivity index (χ2v) is 4.39. The van der Waals surface area contributed by atoms with Crippen LogP contribution < -0.4 is 5.73 Å². The Bertz CT molecular complexity index is 697. The first-order chi connectivity index (χ1) is 8.63. The van der Waals surface area contributed by atoms with E-state index in [1.54, 1.807) is 6.92 Å². The Hall–Kier alpha value is -2.14. The summed E-state index contributed by atoms with van der Waals surface area (Å²) < 4.78 is 11.1. The number of rotatable bonds is 2. The predicted octanol–water partition coefficient (Wildman–Crippen LogP) is 2.81. The van der Waals surface area contributed by atoms with Crippen molar-refractivity contribution in [2.45, 2.75) is 19.9 Å². The molecular weight excluding hydrogens is 230 g/mol. The SMILES string of the molecule is Cc1ccc2oc(-c3nnc(C(C)N)o3)cc2c1. The van der Waals surface area contributed by atoms with Gasteiger partial charge in [0, 0.05) is 5.39 Å². The number of aryl methyl sites for hydroxylation is 1. The predicted molar refractivity (Wildman–Crippen MR) is 66.8 cm³/mol. The van der Waals surface area contributed by atoms with Crippen LogP contribution >= 0.6 is 0 Å². The molecule has 0 spiro atoms. The van der Waals surface area contributed by atoms with E-state index >= 15 is 0 Å². The lowest BCUT2D eigenvalue weighted by Gasteiger charge is -1.93. The fraction of sp³-hybridized carbons (Fsp3) is 0.231. The minimum atomic E-state index is -0.280. The largest absolute Gasteiger partial charge is 0.451 e. The van der Waals surface area contributed by atoms with Crippen molar-refractivity contribution in [3.8, 4) is 11.7 Å². The topological polar surface area (TPSA) is 78.1 Å². The summed E-state index contributed by atoms with van der Waals surface area (Å²) >= 11 is 0. The summed E-state index contributed by atoms with van der Waals surface area (Å²) in [4.78, 5) is 0. The summed E-state index contributed by atoms with van der Waals surface area (Å²) in [5.74, 6) is 1.33. The second kappa shape index (κ2) is 3.96. The Morgan fingerprint density at radius 1 is 1.17 bits per heavy atom. The molecule has 0 fully saturated rings. The van der Waals surface area contributed by atoms with Crippen LogP contribution in [-0.2, 0) is 0 Å². The summed E-state index contributed by atoms with van der Waals surface area (Å²) in [6.45, 7) is 3.83. The van der Waals surface area contributed by atoms with E-state index in [2.05, 4.69) is 10.2 Å². The molecule has 2 heterocycles. The van der Waals surface area contributed by atoms with E-state index in [0.29, 0.717) is 17.5 Å². The normalized spacial score (nSPS) is 13.1. The maximum Gasteiger partial charge on any atom is 0.283 e. The summed E-state index contributed by atoms with van der Waals surface area (Å²) in [6, 6.07) is 7.58. The van der Waals surface area contributed by atoms with Gasteiger partial charge in [-0.25, -0.2) is 0 Å². The average Bonchev–Trinajstić information content (AvgIpc) is 2.93. The molecule has 5 heteroatoms. The molecule has 0 aliphatic rings. The Morgan fingerprint density at radius 2 is 2.00 bits per heavy atom. The van der Waals surface area contributed by atoms with Crippen molar-refractivity contribution in [1.29, 1.82) is 0 Å². The molecular formula is C13H13N3O2. The van der Waals surface area contributed by atoms with E-state index < -0.39 is 0 Å². The van der Waals surface area contributed by atoms with Crippen LogP contribution in [0.25, 0.3) is 22.6 Å². The van der Waals surface area contributed by atoms with E-state index in [4.69, 9.17) is 14.6 Å². The molecule has 1 aromatic carbocycles. The maximum atomic E-state index is 5.67. The van der Waals surface area contributed by atoms with E-state index in [0.717, 1.165) is 11.0 Å². The Kier molecular flexibility index (Phi) is 2.41. The van der Waals surface area contributed by atoms with E-state index in [1.807, 2.05) is 31.2 Å². The van der Waals surface area contributed by atoms with Crippen LogP contribution in [0, 0.1) is 6.92 Å². The molecule has 0 bridgehead atoms. The molecule has 1 unspecified atom stereocenters. The molecule has 0 aliphatic heterocycles. The first kappa shape index (κ1) is 11.0. The summed E-state index contributed by atoms with van der Waals surface area (Å²) in [6.07, 6.45) is 0. The fourth-order valence-corrected chi connectivity index (χ4v) is 1.79. The molecule has 5 nitrogen and oxygen atoms in total. The highest BCUT2D eigenvalue weighted by atomic mass is 16.4. The van der Waals surface area contributed by atoms with Gasteiger partial charge in [0.2, 0.25) is 5.89 Å².